The summed E-state index contributed by atoms with van der Waals surface area (Å²) in [4.78, 5) is 40.9. The fourth-order valence-electron chi connectivity index (χ4n) is 1.63. The van der Waals surface area contributed by atoms with Crippen molar-refractivity contribution in [2.24, 2.45) is 0 Å². The van der Waals surface area contributed by atoms with Crippen LogP contribution < -0.4 is 10.2 Å². The highest BCUT2D eigenvalue weighted by Crippen LogP contribution is 2.16. The minimum absolute atomic E-state index is 0.281. The van der Waals surface area contributed by atoms with Crippen LogP contribution in [-0.4, -0.2) is 43.1 Å². The van der Waals surface area contributed by atoms with E-state index in [9.17, 15) is 14.4 Å². The Morgan fingerprint density at radius 2 is 1.90 bits per heavy atom. The number of nitrogens with zero attached hydrogens (tertiary/aromatic N) is 2. The van der Waals surface area contributed by atoms with Crippen LogP contribution in [0.15, 0.2) is 30.3 Å². The maximum absolute atomic E-state index is 12.4. The summed E-state index contributed by atoms with van der Waals surface area (Å²) >= 11 is 0. The van der Waals surface area contributed by atoms with Crippen molar-refractivity contribution in [3.05, 3.63) is 30.3 Å². The van der Waals surface area contributed by atoms with Gasteiger partial charge in [-0.2, -0.15) is 0 Å². The van der Waals surface area contributed by atoms with Crippen LogP contribution in [-0.2, 0) is 9.63 Å². The second kappa shape index (κ2) is 8.70. The summed E-state index contributed by atoms with van der Waals surface area (Å²) in [7, 11) is 0. The van der Waals surface area contributed by atoms with Crippen molar-refractivity contribution in [3.8, 4) is 0 Å². The molecule has 7 nitrogen and oxygen atoms in total. The number of imide groups is 1. The quantitative estimate of drug-likeness (QED) is 0.809. The van der Waals surface area contributed by atoms with Gasteiger partial charge >= 0.3 is 12.1 Å². The van der Waals surface area contributed by atoms with E-state index in [2.05, 4.69) is 5.32 Å². The highest BCUT2D eigenvalue weighted by Gasteiger charge is 2.27. The summed E-state index contributed by atoms with van der Waals surface area (Å²) in [6.45, 7) is 3.75. The Bertz CT molecular complexity index is 478. The normalized spacial score (nSPS) is 9.81. The van der Waals surface area contributed by atoms with Crippen molar-refractivity contribution >= 4 is 24.0 Å². The number of para-hydroxylation sites is 1. The van der Waals surface area contributed by atoms with Gasteiger partial charge in [-0.05, 0) is 26.0 Å². The maximum atomic E-state index is 12.4. The first kappa shape index (κ1) is 16.6. The molecule has 1 aromatic carbocycles. The molecule has 0 heterocycles. The molecular formula is C14H18N3O4. The van der Waals surface area contributed by atoms with Gasteiger partial charge in [-0.15, -0.1) is 0 Å². The number of carbonyl (C=O) groups excluding carboxylic acids is 3. The molecule has 21 heavy (non-hydrogen) atoms. The van der Waals surface area contributed by atoms with E-state index < -0.39 is 12.1 Å². The molecule has 0 bridgehead atoms. The molecule has 0 atom stereocenters. The molecular weight excluding hydrogens is 274 g/mol. The van der Waals surface area contributed by atoms with Crippen molar-refractivity contribution < 1.29 is 19.2 Å². The number of amides is 4. The second-order valence-electron chi connectivity index (χ2n) is 3.87. The van der Waals surface area contributed by atoms with Gasteiger partial charge in [0.1, 0.15) is 0 Å². The molecule has 0 saturated carbocycles. The number of hydrogen-bond donors (Lipinski definition) is 1. The molecule has 1 aromatic rings. The minimum atomic E-state index is -0.715. The topological polar surface area (TPSA) is 79.0 Å². The van der Waals surface area contributed by atoms with E-state index in [-0.39, 0.29) is 13.1 Å². The Morgan fingerprint density at radius 3 is 2.43 bits per heavy atom. The predicted octanol–water partition coefficient (Wildman–Crippen LogP) is 1.71. The maximum Gasteiger partial charge on any atom is 0.356 e. The van der Waals surface area contributed by atoms with E-state index in [1.54, 1.807) is 50.5 Å². The molecule has 1 radical (unpaired) electrons. The Hall–Kier alpha value is -2.41. The summed E-state index contributed by atoms with van der Waals surface area (Å²) in [5.41, 5.74) is 0.379. The van der Waals surface area contributed by atoms with Crippen LogP contribution in [0.25, 0.3) is 0 Å². The van der Waals surface area contributed by atoms with Gasteiger partial charge in [0.2, 0.25) is 6.29 Å². The summed E-state index contributed by atoms with van der Waals surface area (Å²) < 4.78 is 0. The first-order valence-electron chi connectivity index (χ1n) is 6.58. The molecule has 0 unspecified atom stereocenters. The van der Waals surface area contributed by atoms with Crippen LogP contribution in [0.4, 0.5) is 15.3 Å². The lowest BCUT2D eigenvalue weighted by Gasteiger charge is -2.27. The molecule has 1 N–H and O–H groups in total. The molecule has 0 spiro atoms. The molecule has 113 valence electrons. The zero-order chi connectivity index (χ0) is 15.7. The number of hydrogen-bond acceptors (Lipinski definition) is 4. The van der Waals surface area contributed by atoms with Crippen LogP contribution in [0.1, 0.15) is 13.8 Å². The van der Waals surface area contributed by atoms with Gasteiger partial charge in [-0.1, -0.05) is 18.2 Å². The van der Waals surface area contributed by atoms with Crippen molar-refractivity contribution in [2.45, 2.75) is 13.8 Å². The average Bonchev–Trinajstić information content (AvgIpc) is 2.51. The monoisotopic (exact) mass is 292 g/mol. The first-order chi connectivity index (χ1) is 10.2. The molecule has 0 aliphatic heterocycles. The Balaban J connectivity index is 3.03. The van der Waals surface area contributed by atoms with Crippen molar-refractivity contribution in [3.63, 3.8) is 0 Å². The zero-order valence-corrected chi connectivity index (χ0v) is 12.0. The highest BCUT2D eigenvalue weighted by atomic mass is 16.7. The number of urea groups is 2. The largest absolute Gasteiger partial charge is 0.356 e. The van der Waals surface area contributed by atoms with Crippen LogP contribution >= 0.6 is 0 Å². The third-order valence-corrected chi connectivity index (χ3v) is 2.51. The van der Waals surface area contributed by atoms with E-state index in [0.717, 1.165) is 9.96 Å². The lowest BCUT2D eigenvalue weighted by Crippen LogP contribution is -2.50. The van der Waals surface area contributed by atoms with Gasteiger partial charge in [-0.3, -0.25) is 9.63 Å². The van der Waals surface area contributed by atoms with Crippen LogP contribution in [0.5, 0.6) is 0 Å². The summed E-state index contributed by atoms with van der Waals surface area (Å²) in [5, 5.41) is 3.37. The number of hydroxylamine groups is 2. The van der Waals surface area contributed by atoms with Gasteiger partial charge in [0.15, 0.2) is 0 Å². The van der Waals surface area contributed by atoms with Gasteiger partial charge in [0.25, 0.3) is 0 Å². The minimum Gasteiger partial charge on any atom is -0.330 e. The fourth-order valence-corrected chi connectivity index (χ4v) is 1.63. The van der Waals surface area contributed by atoms with Crippen LogP contribution in [0.2, 0.25) is 0 Å². The van der Waals surface area contributed by atoms with Crippen molar-refractivity contribution in [1.29, 1.82) is 0 Å². The van der Waals surface area contributed by atoms with Gasteiger partial charge in [0, 0.05) is 6.54 Å². The standard InChI is InChI=1S/C14H18N3O4/c1-3-16(21-4-2)14(20)17(13(19)15-10-11-18)12-8-6-5-7-9-12/h5-9H,3-4,10H2,1-2H3,(H,15,19). The fraction of sp³-hybridized carbons (Fsp3) is 0.357. The molecule has 0 aromatic heterocycles. The first-order valence-corrected chi connectivity index (χ1v) is 6.58. The van der Waals surface area contributed by atoms with Gasteiger partial charge in [-0.25, -0.2) is 19.6 Å². The van der Waals surface area contributed by atoms with Crippen LogP contribution in [0, 0.1) is 0 Å². The second-order valence-corrected chi connectivity index (χ2v) is 3.87. The Morgan fingerprint density at radius 1 is 1.24 bits per heavy atom. The third kappa shape index (κ3) is 4.57. The van der Waals surface area contributed by atoms with E-state index in [1.807, 2.05) is 0 Å². The SMILES string of the molecule is CCON(CC)C(=O)N(C(=O)NC[C]=O)c1ccccc1. The number of nitrogens with one attached hydrogen (secondary N) is 1. The molecule has 0 saturated heterocycles. The Kier molecular flexibility index (Phi) is 6.90. The summed E-state index contributed by atoms with van der Waals surface area (Å²) in [5.74, 6) is 0. The third-order valence-electron chi connectivity index (χ3n) is 2.51. The van der Waals surface area contributed by atoms with Gasteiger partial charge < -0.3 is 5.32 Å². The Labute approximate surface area is 123 Å². The predicted molar refractivity (Wildman–Crippen MR) is 77.4 cm³/mol. The zero-order valence-electron chi connectivity index (χ0n) is 12.0. The number of rotatable bonds is 6. The molecule has 0 aliphatic rings. The molecule has 0 fully saturated rings. The molecule has 7 heteroatoms. The van der Waals surface area contributed by atoms with E-state index in [4.69, 9.17) is 4.84 Å². The summed E-state index contributed by atoms with van der Waals surface area (Å²) in [6.07, 6.45) is 1.55. The van der Waals surface area contributed by atoms with E-state index >= 15 is 0 Å². The molecule has 1 rings (SSSR count). The lowest BCUT2D eigenvalue weighted by molar-refractivity contribution is -0.106. The number of carbonyl (C=O) groups is 2. The molecule has 4 amide bonds. The van der Waals surface area contributed by atoms with Crippen LogP contribution in [0.3, 0.4) is 0 Å². The van der Waals surface area contributed by atoms with Gasteiger partial charge in [0.05, 0.1) is 18.8 Å². The molecule has 0 aliphatic carbocycles. The smallest absolute Gasteiger partial charge is 0.330 e. The van der Waals surface area contributed by atoms with E-state index in [1.165, 1.54) is 0 Å². The van der Waals surface area contributed by atoms with E-state index in [0.29, 0.717) is 12.3 Å². The lowest BCUT2D eigenvalue weighted by atomic mass is 10.3. The number of anilines is 1. The highest BCUT2D eigenvalue weighted by molar-refractivity contribution is 6.13. The van der Waals surface area contributed by atoms with Crippen molar-refractivity contribution in [2.75, 3.05) is 24.6 Å². The number of benzene rings is 1. The summed E-state index contributed by atoms with van der Waals surface area (Å²) in [6, 6.07) is 7.05. The van der Waals surface area contributed by atoms with Crippen molar-refractivity contribution in [1.82, 2.24) is 10.4 Å². The average molecular weight is 292 g/mol.